The van der Waals surface area contributed by atoms with Crippen molar-refractivity contribution < 1.29 is 4.74 Å². The minimum absolute atomic E-state index is 0.159. The van der Waals surface area contributed by atoms with Gasteiger partial charge in [0.1, 0.15) is 5.75 Å². The van der Waals surface area contributed by atoms with Gasteiger partial charge in [-0.3, -0.25) is 0 Å². The third kappa shape index (κ3) is 4.50. The molecule has 2 rings (SSSR count). The summed E-state index contributed by atoms with van der Waals surface area (Å²) in [4.78, 5) is 0. The summed E-state index contributed by atoms with van der Waals surface area (Å²) in [6, 6.07) is 6.73. The Hall–Kier alpha value is -1.75. The molecule has 0 amide bonds. The summed E-state index contributed by atoms with van der Waals surface area (Å²) >= 11 is 0. The molecule has 0 bridgehead atoms. The number of benzene rings is 1. The van der Waals surface area contributed by atoms with Crippen LogP contribution in [0.2, 0.25) is 0 Å². The summed E-state index contributed by atoms with van der Waals surface area (Å²) in [5, 5.41) is 9.12. The minimum atomic E-state index is 0.159. The van der Waals surface area contributed by atoms with Gasteiger partial charge in [0, 0.05) is 11.6 Å². The molecule has 1 aliphatic rings. The van der Waals surface area contributed by atoms with Crippen LogP contribution in [-0.4, -0.2) is 6.61 Å². The summed E-state index contributed by atoms with van der Waals surface area (Å²) < 4.78 is 6.23. The Kier molecular flexibility index (Phi) is 6.56. The van der Waals surface area contributed by atoms with Crippen LogP contribution < -0.4 is 4.74 Å². The van der Waals surface area contributed by atoms with Crippen molar-refractivity contribution in [1.29, 1.82) is 5.26 Å². The summed E-state index contributed by atoms with van der Waals surface area (Å²) in [6.45, 7) is 14.3. The van der Waals surface area contributed by atoms with Crippen molar-refractivity contribution in [1.82, 2.24) is 0 Å². The molecular formula is C24H35NO. The van der Waals surface area contributed by atoms with Gasteiger partial charge in [0.05, 0.1) is 12.7 Å². The second-order valence-electron chi connectivity index (χ2n) is 9.03. The van der Waals surface area contributed by atoms with E-state index in [0.717, 1.165) is 29.9 Å². The fourth-order valence-electron chi connectivity index (χ4n) is 3.91. The molecule has 0 fully saturated rings. The van der Waals surface area contributed by atoms with Crippen molar-refractivity contribution in [3.8, 4) is 11.8 Å². The van der Waals surface area contributed by atoms with Crippen LogP contribution in [0.15, 0.2) is 18.2 Å². The first-order chi connectivity index (χ1) is 12.2. The molecular weight excluding hydrogens is 318 g/mol. The van der Waals surface area contributed by atoms with E-state index in [-0.39, 0.29) is 10.8 Å². The molecule has 2 heteroatoms. The SMILES string of the molecule is CCCCCCOc1cc2c(cc1C(C)=CC#N)C(C)(C)CCC2(C)C. The number of hydrogen-bond acceptors (Lipinski definition) is 2. The van der Waals surface area contributed by atoms with Crippen LogP contribution in [0.3, 0.4) is 0 Å². The standard InChI is InChI=1S/C24H35NO/c1-7-8-9-10-15-26-22-17-21-20(16-19(22)18(2)11-14-25)23(3,4)12-13-24(21,5)6/h11,16-17H,7-10,12-13,15H2,1-6H3. The Morgan fingerprint density at radius 1 is 1.08 bits per heavy atom. The van der Waals surface area contributed by atoms with Crippen molar-refractivity contribution in [2.24, 2.45) is 0 Å². The lowest BCUT2D eigenvalue weighted by molar-refractivity contribution is 0.297. The zero-order chi connectivity index (χ0) is 19.4. The Morgan fingerprint density at radius 3 is 2.27 bits per heavy atom. The lowest BCUT2D eigenvalue weighted by Gasteiger charge is -2.42. The molecule has 1 aromatic rings. The van der Waals surface area contributed by atoms with E-state index in [0.29, 0.717) is 0 Å². The predicted molar refractivity (Wildman–Crippen MR) is 111 cm³/mol. The van der Waals surface area contributed by atoms with Gasteiger partial charge in [-0.25, -0.2) is 0 Å². The van der Waals surface area contributed by atoms with Gasteiger partial charge in [-0.05, 0) is 65.8 Å². The van der Waals surface area contributed by atoms with E-state index >= 15 is 0 Å². The first kappa shape index (κ1) is 20.6. The molecule has 0 radical (unpaired) electrons. The zero-order valence-corrected chi connectivity index (χ0v) is 17.5. The van der Waals surface area contributed by atoms with E-state index in [9.17, 15) is 0 Å². The average molecular weight is 354 g/mol. The van der Waals surface area contributed by atoms with E-state index in [1.165, 1.54) is 43.2 Å². The van der Waals surface area contributed by atoms with E-state index < -0.39 is 0 Å². The minimum Gasteiger partial charge on any atom is -0.493 e. The number of allylic oxidation sites excluding steroid dienone is 2. The van der Waals surface area contributed by atoms with Crippen LogP contribution in [0.1, 0.15) is 96.8 Å². The van der Waals surface area contributed by atoms with Crippen molar-refractivity contribution in [2.75, 3.05) is 6.61 Å². The first-order valence-electron chi connectivity index (χ1n) is 10.1. The molecule has 0 aromatic heterocycles. The largest absolute Gasteiger partial charge is 0.493 e. The van der Waals surface area contributed by atoms with E-state index in [2.05, 4.69) is 52.8 Å². The van der Waals surface area contributed by atoms with Crippen LogP contribution in [0.4, 0.5) is 0 Å². The quantitative estimate of drug-likeness (QED) is 0.393. The number of nitrogens with zero attached hydrogens (tertiary/aromatic N) is 1. The van der Waals surface area contributed by atoms with E-state index in [1.54, 1.807) is 6.08 Å². The molecule has 0 heterocycles. The molecule has 1 aliphatic carbocycles. The van der Waals surface area contributed by atoms with Crippen molar-refractivity contribution in [3.63, 3.8) is 0 Å². The van der Waals surface area contributed by atoms with Crippen LogP contribution in [0.25, 0.3) is 5.57 Å². The average Bonchev–Trinajstić information content (AvgIpc) is 2.58. The third-order valence-electron chi connectivity index (χ3n) is 5.91. The maximum absolute atomic E-state index is 9.12. The van der Waals surface area contributed by atoms with Gasteiger partial charge >= 0.3 is 0 Å². The topological polar surface area (TPSA) is 33.0 Å². The highest BCUT2D eigenvalue weighted by atomic mass is 16.5. The number of nitriles is 1. The van der Waals surface area contributed by atoms with Crippen molar-refractivity contribution in [3.05, 3.63) is 34.9 Å². The number of unbranched alkanes of at least 4 members (excludes halogenated alkanes) is 3. The Balaban J connectivity index is 2.45. The summed E-state index contributed by atoms with van der Waals surface area (Å²) in [5.74, 6) is 0.940. The second kappa shape index (κ2) is 8.30. The number of ether oxygens (including phenoxy) is 1. The highest BCUT2D eigenvalue weighted by Crippen LogP contribution is 2.48. The van der Waals surface area contributed by atoms with E-state index in [4.69, 9.17) is 10.00 Å². The predicted octanol–water partition coefficient (Wildman–Crippen LogP) is 6.92. The Labute approximate surface area is 160 Å². The lowest BCUT2D eigenvalue weighted by atomic mass is 9.62. The van der Waals surface area contributed by atoms with Gasteiger partial charge in [0.25, 0.3) is 0 Å². The van der Waals surface area contributed by atoms with Crippen LogP contribution >= 0.6 is 0 Å². The monoisotopic (exact) mass is 353 g/mol. The second-order valence-corrected chi connectivity index (χ2v) is 9.03. The van der Waals surface area contributed by atoms with Gasteiger partial charge in [-0.2, -0.15) is 5.26 Å². The zero-order valence-electron chi connectivity index (χ0n) is 17.5. The Morgan fingerprint density at radius 2 is 1.69 bits per heavy atom. The molecule has 2 nitrogen and oxygen atoms in total. The normalized spacial score (nSPS) is 18.1. The third-order valence-corrected chi connectivity index (χ3v) is 5.91. The van der Waals surface area contributed by atoms with Gasteiger partial charge < -0.3 is 4.74 Å². The lowest BCUT2D eigenvalue weighted by Crippen LogP contribution is -2.34. The van der Waals surface area contributed by atoms with Gasteiger partial charge in [-0.1, -0.05) is 53.9 Å². The number of rotatable bonds is 7. The van der Waals surface area contributed by atoms with E-state index in [1.807, 2.05) is 6.92 Å². The molecule has 142 valence electrons. The highest BCUT2D eigenvalue weighted by molar-refractivity contribution is 5.73. The van der Waals surface area contributed by atoms with Gasteiger partial charge in [-0.15, -0.1) is 0 Å². The van der Waals surface area contributed by atoms with Gasteiger partial charge in [0.2, 0.25) is 0 Å². The highest BCUT2D eigenvalue weighted by Gasteiger charge is 2.38. The van der Waals surface area contributed by atoms with Crippen LogP contribution in [-0.2, 0) is 10.8 Å². The molecule has 0 spiro atoms. The molecule has 0 saturated carbocycles. The van der Waals surface area contributed by atoms with Gasteiger partial charge in [0.15, 0.2) is 0 Å². The molecule has 0 saturated heterocycles. The number of fused-ring (bicyclic) bond motifs is 1. The molecule has 0 aliphatic heterocycles. The number of hydrogen-bond donors (Lipinski definition) is 0. The summed E-state index contributed by atoms with van der Waals surface area (Å²) in [5.41, 5.74) is 5.20. The van der Waals surface area contributed by atoms with Crippen LogP contribution in [0, 0.1) is 11.3 Å². The summed E-state index contributed by atoms with van der Waals surface area (Å²) in [6.07, 6.45) is 8.79. The van der Waals surface area contributed by atoms with Crippen LogP contribution in [0.5, 0.6) is 5.75 Å². The van der Waals surface area contributed by atoms with Crippen molar-refractivity contribution in [2.45, 2.75) is 90.9 Å². The first-order valence-corrected chi connectivity index (χ1v) is 10.1. The smallest absolute Gasteiger partial charge is 0.127 e. The summed E-state index contributed by atoms with van der Waals surface area (Å²) in [7, 11) is 0. The molecule has 0 N–H and O–H groups in total. The fourth-order valence-corrected chi connectivity index (χ4v) is 3.91. The maximum Gasteiger partial charge on any atom is 0.127 e. The fraction of sp³-hybridized carbons (Fsp3) is 0.625. The molecule has 1 aromatic carbocycles. The Bertz CT molecular complexity index is 704. The molecule has 0 atom stereocenters. The maximum atomic E-state index is 9.12. The van der Waals surface area contributed by atoms with Crippen molar-refractivity contribution >= 4 is 5.57 Å². The molecule has 26 heavy (non-hydrogen) atoms. The molecule has 0 unspecified atom stereocenters.